The van der Waals surface area contributed by atoms with Crippen molar-refractivity contribution in [3.8, 4) is 0 Å². The fraction of sp³-hybridized carbons (Fsp3) is 0.286. The third-order valence-electron chi connectivity index (χ3n) is 6.67. The second-order valence-electron chi connectivity index (χ2n) is 8.84. The summed E-state index contributed by atoms with van der Waals surface area (Å²) in [6.07, 6.45) is 2.81. The maximum Gasteiger partial charge on any atom is 0.255 e. The maximum atomic E-state index is 13.8. The molecule has 0 bridgehead atoms. The molecule has 0 saturated carbocycles. The van der Waals surface area contributed by atoms with Crippen LogP contribution in [0.3, 0.4) is 0 Å². The van der Waals surface area contributed by atoms with Crippen LogP contribution in [-0.4, -0.2) is 22.8 Å². The Hall–Kier alpha value is -3.47. The van der Waals surface area contributed by atoms with E-state index in [2.05, 4.69) is 0 Å². The summed E-state index contributed by atoms with van der Waals surface area (Å²) < 4.78 is 13.8. The molecule has 1 aliphatic carbocycles. The van der Waals surface area contributed by atoms with Gasteiger partial charge in [0.2, 0.25) is 5.91 Å². The minimum atomic E-state index is -0.770. The van der Waals surface area contributed by atoms with Gasteiger partial charge in [-0.2, -0.15) is 0 Å². The van der Waals surface area contributed by atoms with Crippen LogP contribution >= 0.6 is 0 Å². The van der Waals surface area contributed by atoms with Crippen LogP contribution in [0.15, 0.2) is 78.9 Å². The summed E-state index contributed by atoms with van der Waals surface area (Å²) in [5.41, 5.74) is 9.49. The predicted octanol–water partition coefficient (Wildman–Crippen LogP) is 5.08. The first-order chi connectivity index (χ1) is 15.9. The van der Waals surface area contributed by atoms with Gasteiger partial charge in [-0.3, -0.25) is 9.59 Å². The number of carbonyl (C=O) groups excluding carboxylic acids is 2. The van der Waals surface area contributed by atoms with Crippen LogP contribution in [0.2, 0.25) is 0 Å². The molecule has 0 aromatic heterocycles. The number of benzene rings is 3. The Bertz CT molecular complexity index is 1120. The normalized spacial score (nSPS) is 17.0. The molecule has 0 spiro atoms. The zero-order valence-electron chi connectivity index (χ0n) is 18.8. The van der Waals surface area contributed by atoms with Crippen molar-refractivity contribution >= 4 is 11.8 Å². The molecule has 0 fully saturated rings. The van der Waals surface area contributed by atoms with Gasteiger partial charge in [0.15, 0.2) is 0 Å². The molecule has 2 amide bonds. The van der Waals surface area contributed by atoms with Crippen molar-refractivity contribution in [3.05, 3.63) is 107 Å². The van der Waals surface area contributed by atoms with Gasteiger partial charge in [-0.1, -0.05) is 54.6 Å². The van der Waals surface area contributed by atoms with Gasteiger partial charge in [0.05, 0.1) is 6.04 Å². The summed E-state index contributed by atoms with van der Waals surface area (Å²) in [6, 6.07) is 22.5. The fourth-order valence-corrected chi connectivity index (χ4v) is 4.89. The second kappa shape index (κ2) is 9.99. The zero-order chi connectivity index (χ0) is 23.4. The van der Waals surface area contributed by atoms with Crippen molar-refractivity contribution in [2.45, 2.75) is 44.7 Å². The Morgan fingerprint density at radius 3 is 2.33 bits per heavy atom. The monoisotopic (exact) mass is 444 g/mol. The Morgan fingerprint density at radius 2 is 1.67 bits per heavy atom. The van der Waals surface area contributed by atoms with Gasteiger partial charge in [0.1, 0.15) is 11.9 Å². The van der Waals surface area contributed by atoms with E-state index in [4.69, 9.17) is 5.73 Å². The van der Waals surface area contributed by atoms with E-state index in [9.17, 15) is 14.0 Å². The number of halogens is 1. The molecule has 1 aliphatic rings. The molecule has 4 nitrogen and oxygen atoms in total. The number of nitrogens with two attached hydrogens (primary N) is 1. The van der Waals surface area contributed by atoms with Crippen molar-refractivity contribution in [2.75, 3.05) is 0 Å². The molecule has 2 unspecified atom stereocenters. The molecular weight excluding hydrogens is 415 g/mol. The number of nitrogens with zero attached hydrogens (tertiary/aromatic N) is 1. The first-order valence-electron chi connectivity index (χ1n) is 11.4. The van der Waals surface area contributed by atoms with Crippen molar-refractivity contribution in [2.24, 2.45) is 11.7 Å². The molecule has 2 N–H and O–H groups in total. The zero-order valence-corrected chi connectivity index (χ0v) is 18.8. The van der Waals surface area contributed by atoms with E-state index >= 15 is 0 Å². The SMILES string of the molecule is C[C@H](c1ccccc1)N(C(=O)c1ccccc1)C(CC1CCc2ccc(F)cc2C1)C(N)=O. The average Bonchev–Trinajstić information content (AvgIpc) is 2.84. The summed E-state index contributed by atoms with van der Waals surface area (Å²) >= 11 is 0. The summed E-state index contributed by atoms with van der Waals surface area (Å²) in [5, 5.41) is 0. The Balaban J connectivity index is 1.65. The Morgan fingerprint density at radius 1 is 1.00 bits per heavy atom. The van der Waals surface area contributed by atoms with Crippen LogP contribution in [0.25, 0.3) is 0 Å². The first kappa shape index (κ1) is 22.7. The molecule has 3 atom stereocenters. The highest BCUT2D eigenvalue weighted by atomic mass is 19.1. The first-order valence-corrected chi connectivity index (χ1v) is 11.4. The van der Waals surface area contributed by atoms with Crippen molar-refractivity contribution in [1.82, 2.24) is 4.90 Å². The highest BCUT2D eigenvalue weighted by Gasteiger charge is 2.36. The van der Waals surface area contributed by atoms with Gasteiger partial charge < -0.3 is 10.6 Å². The van der Waals surface area contributed by atoms with Crippen LogP contribution in [0.4, 0.5) is 4.39 Å². The molecule has 33 heavy (non-hydrogen) atoms. The molecule has 0 saturated heterocycles. The number of hydrogen-bond acceptors (Lipinski definition) is 2. The quantitative estimate of drug-likeness (QED) is 0.552. The van der Waals surface area contributed by atoms with E-state index in [0.717, 1.165) is 29.5 Å². The van der Waals surface area contributed by atoms with E-state index in [1.807, 2.05) is 61.5 Å². The number of primary amides is 1. The lowest BCUT2D eigenvalue weighted by Crippen LogP contribution is -2.50. The van der Waals surface area contributed by atoms with E-state index in [1.165, 1.54) is 6.07 Å². The minimum Gasteiger partial charge on any atom is -0.368 e. The molecule has 0 aliphatic heterocycles. The summed E-state index contributed by atoms with van der Waals surface area (Å²) in [4.78, 5) is 28.0. The van der Waals surface area contributed by atoms with E-state index in [0.29, 0.717) is 18.4 Å². The number of hydrogen-bond donors (Lipinski definition) is 1. The lowest BCUT2D eigenvalue weighted by atomic mass is 9.80. The smallest absolute Gasteiger partial charge is 0.255 e. The Labute approximate surface area is 194 Å². The van der Waals surface area contributed by atoms with E-state index in [-0.39, 0.29) is 23.7 Å². The van der Waals surface area contributed by atoms with Gasteiger partial charge >= 0.3 is 0 Å². The van der Waals surface area contributed by atoms with Crippen LogP contribution in [-0.2, 0) is 17.6 Å². The molecule has 0 radical (unpaired) electrons. The van der Waals surface area contributed by atoms with Crippen molar-refractivity contribution in [1.29, 1.82) is 0 Å². The van der Waals surface area contributed by atoms with Crippen molar-refractivity contribution < 1.29 is 14.0 Å². The third kappa shape index (κ3) is 5.14. The van der Waals surface area contributed by atoms with Gasteiger partial charge in [-0.05, 0) is 79.5 Å². The molecular formula is C28H29FN2O2. The number of amides is 2. The number of carbonyl (C=O) groups is 2. The molecule has 0 heterocycles. The van der Waals surface area contributed by atoms with Gasteiger partial charge in [0, 0.05) is 5.56 Å². The fourth-order valence-electron chi connectivity index (χ4n) is 4.89. The maximum absolute atomic E-state index is 13.8. The van der Waals surface area contributed by atoms with Crippen LogP contribution in [0, 0.1) is 11.7 Å². The summed E-state index contributed by atoms with van der Waals surface area (Å²) in [6.45, 7) is 1.93. The van der Waals surface area contributed by atoms with Gasteiger partial charge in [-0.25, -0.2) is 4.39 Å². The molecule has 3 aromatic carbocycles. The molecule has 5 heteroatoms. The number of fused-ring (bicyclic) bond motifs is 1. The standard InChI is InChI=1S/C28H29FN2O2/c1-19(21-8-4-2-5-9-21)31(28(33)23-10-6-3-7-11-23)26(27(30)32)17-20-12-13-22-14-15-25(29)18-24(22)16-20/h2-11,14-15,18-20,26H,12-13,16-17H2,1H3,(H2,30,32)/t19-,20?,26?/m1/s1. The topological polar surface area (TPSA) is 63.4 Å². The molecule has 170 valence electrons. The molecule has 4 rings (SSSR count). The Kier molecular flexibility index (Phi) is 6.87. The lowest BCUT2D eigenvalue weighted by Gasteiger charge is -2.38. The van der Waals surface area contributed by atoms with Gasteiger partial charge in [0.25, 0.3) is 5.91 Å². The molecule has 3 aromatic rings. The third-order valence-corrected chi connectivity index (χ3v) is 6.67. The highest BCUT2D eigenvalue weighted by molar-refractivity contribution is 5.97. The minimum absolute atomic E-state index is 0.130. The number of rotatable bonds is 7. The van der Waals surface area contributed by atoms with Crippen LogP contribution in [0.1, 0.15) is 52.9 Å². The second-order valence-corrected chi connectivity index (χ2v) is 8.84. The predicted molar refractivity (Wildman–Crippen MR) is 127 cm³/mol. The largest absolute Gasteiger partial charge is 0.368 e. The lowest BCUT2D eigenvalue weighted by molar-refractivity contribution is -0.123. The van der Waals surface area contributed by atoms with E-state index < -0.39 is 11.9 Å². The highest BCUT2D eigenvalue weighted by Crippen LogP contribution is 2.33. The average molecular weight is 445 g/mol. The van der Waals surface area contributed by atoms with E-state index in [1.54, 1.807) is 23.1 Å². The summed E-state index contributed by atoms with van der Waals surface area (Å²) in [5.74, 6) is -0.865. The van der Waals surface area contributed by atoms with Crippen LogP contribution in [0.5, 0.6) is 0 Å². The summed E-state index contributed by atoms with van der Waals surface area (Å²) in [7, 11) is 0. The van der Waals surface area contributed by atoms with Crippen molar-refractivity contribution in [3.63, 3.8) is 0 Å². The van der Waals surface area contributed by atoms with Crippen LogP contribution < -0.4 is 5.73 Å². The number of aryl methyl sites for hydroxylation is 1. The van der Waals surface area contributed by atoms with Gasteiger partial charge in [-0.15, -0.1) is 0 Å².